The van der Waals surface area contributed by atoms with Gasteiger partial charge in [0.15, 0.2) is 5.82 Å². The summed E-state index contributed by atoms with van der Waals surface area (Å²) < 4.78 is 31.8. The van der Waals surface area contributed by atoms with Gasteiger partial charge < -0.3 is 0 Å². The first kappa shape index (κ1) is 26.0. The zero-order chi connectivity index (χ0) is 26.5. The lowest BCUT2D eigenvalue weighted by molar-refractivity contribution is 0.136. The second kappa shape index (κ2) is 11.8. The Morgan fingerprint density at radius 1 is 1.00 bits per heavy atom. The van der Waals surface area contributed by atoms with Crippen LogP contribution in [0, 0.1) is 5.92 Å². The van der Waals surface area contributed by atoms with Crippen molar-refractivity contribution < 1.29 is 8.78 Å². The second-order valence-electron chi connectivity index (χ2n) is 10.2. The van der Waals surface area contributed by atoms with E-state index in [2.05, 4.69) is 20.6 Å². The van der Waals surface area contributed by atoms with E-state index in [1.54, 1.807) is 4.57 Å². The lowest BCUT2D eigenvalue weighted by atomic mass is 9.89. The lowest BCUT2D eigenvalue weighted by Gasteiger charge is -2.22. The number of alkyl halides is 2. The molecule has 5 rings (SSSR count). The first-order valence-electron chi connectivity index (χ1n) is 13.6. The van der Waals surface area contributed by atoms with Crippen LogP contribution in [0.4, 0.5) is 8.78 Å². The molecule has 2 aromatic carbocycles. The average Bonchev–Trinajstić information content (AvgIpc) is 3.56. The zero-order valence-electron chi connectivity index (χ0n) is 21.7. The molecular formula is C29H34F2N6O. The zero-order valence-corrected chi connectivity index (χ0v) is 21.7. The van der Waals surface area contributed by atoms with Gasteiger partial charge in [0.25, 0.3) is 6.43 Å². The molecule has 2 aromatic heterocycles. The van der Waals surface area contributed by atoms with E-state index in [4.69, 9.17) is 0 Å². The van der Waals surface area contributed by atoms with E-state index < -0.39 is 6.43 Å². The van der Waals surface area contributed by atoms with Gasteiger partial charge >= 0.3 is 5.69 Å². The molecule has 1 fully saturated rings. The number of aromatic nitrogens is 6. The number of tetrazole rings is 1. The number of imidazole rings is 1. The van der Waals surface area contributed by atoms with E-state index >= 15 is 0 Å². The van der Waals surface area contributed by atoms with Crippen LogP contribution in [0.25, 0.3) is 22.5 Å². The van der Waals surface area contributed by atoms with Crippen molar-refractivity contribution in [3.8, 4) is 22.5 Å². The molecule has 38 heavy (non-hydrogen) atoms. The summed E-state index contributed by atoms with van der Waals surface area (Å²) in [6.07, 6.45) is 4.83. The molecule has 0 spiro atoms. The van der Waals surface area contributed by atoms with E-state index in [-0.39, 0.29) is 23.8 Å². The summed E-state index contributed by atoms with van der Waals surface area (Å²) in [6, 6.07) is 15.7. The predicted molar refractivity (Wildman–Crippen MR) is 143 cm³/mol. The standard InChI is InChI=1S/C29H34F2N6O/c1-2-3-13-25-26(27(30)31)37(19-20-9-5-4-6-10-20)29(38)36(25)18-21-14-16-22(17-15-21)23-11-7-8-12-24(23)28-32-34-35-33-28/h7-8,11-12,14-17,20,27H,2-6,9-10,13,18-19H2,1H3,(H,32,33,34,35). The normalized spacial score (nSPS) is 14.4. The van der Waals surface area contributed by atoms with Crippen LogP contribution in [-0.2, 0) is 19.5 Å². The Morgan fingerprint density at radius 3 is 2.39 bits per heavy atom. The molecule has 9 heteroatoms. The van der Waals surface area contributed by atoms with Gasteiger partial charge in [-0.05, 0) is 58.7 Å². The molecule has 0 saturated heterocycles. The SMILES string of the molecule is CCCCc1c(C(F)F)n(CC2CCCCC2)c(=O)n1Cc1ccc(-c2ccccc2-c2nnn[nH]2)cc1. The Kier molecular flexibility index (Phi) is 8.10. The first-order valence-corrected chi connectivity index (χ1v) is 13.6. The van der Waals surface area contributed by atoms with Crippen molar-refractivity contribution in [1.29, 1.82) is 0 Å². The van der Waals surface area contributed by atoms with Crippen molar-refractivity contribution >= 4 is 0 Å². The minimum absolute atomic E-state index is 0.0831. The molecule has 200 valence electrons. The van der Waals surface area contributed by atoms with Gasteiger partial charge in [0.2, 0.25) is 0 Å². The van der Waals surface area contributed by atoms with Crippen LogP contribution in [0.2, 0.25) is 0 Å². The number of rotatable bonds is 10. The highest BCUT2D eigenvalue weighted by molar-refractivity contribution is 5.80. The fourth-order valence-corrected chi connectivity index (χ4v) is 5.66. The highest BCUT2D eigenvalue weighted by Gasteiger charge is 2.28. The number of aromatic amines is 1. The summed E-state index contributed by atoms with van der Waals surface area (Å²) >= 11 is 0. The second-order valence-corrected chi connectivity index (χ2v) is 10.2. The predicted octanol–water partition coefficient (Wildman–Crippen LogP) is 6.41. The quantitative estimate of drug-likeness (QED) is 0.262. The van der Waals surface area contributed by atoms with Gasteiger partial charge in [-0.2, -0.15) is 0 Å². The largest absolute Gasteiger partial charge is 0.329 e. The van der Waals surface area contributed by atoms with Crippen molar-refractivity contribution in [3.63, 3.8) is 0 Å². The number of benzene rings is 2. The molecule has 0 unspecified atom stereocenters. The number of H-pyrrole nitrogens is 1. The van der Waals surface area contributed by atoms with Gasteiger partial charge in [-0.1, -0.05) is 81.1 Å². The third kappa shape index (κ3) is 5.47. The minimum Gasteiger partial charge on any atom is -0.291 e. The number of unbranched alkanes of at least 4 members (excludes halogenated alkanes) is 1. The molecule has 4 aromatic rings. The van der Waals surface area contributed by atoms with E-state index in [1.165, 1.54) is 11.0 Å². The smallest absolute Gasteiger partial charge is 0.291 e. The monoisotopic (exact) mass is 520 g/mol. The Hall–Kier alpha value is -3.62. The number of hydrogen-bond donors (Lipinski definition) is 1. The maximum atomic E-state index is 14.4. The molecule has 0 atom stereocenters. The van der Waals surface area contributed by atoms with Crippen molar-refractivity contribution in [3.05, 3.63) is 76.0 Å². The minimum atomic E-state index is -2.68. The van der Waals surface area contributed by atoms with Gasteiger partial charge in [-0.25, -0.2) is 18.7 Å². The van der Waals surface area contributed by atoms with E-state index in [1.807, 2.05) is 55.5 Å². The summed E-state index contributed by atoms with van der Waals surface area (Å²) in [6.45, 7) is 2.69. The molecule has 2 heterocycles. The highest BCUT2D eigenvalue weighted by atomic mass is 19.3. The molecule has 1 saturated carbocycles. The van der Waals surface area contributed by atoms with Crippen LogP contribution >= 0.6 is 0 Å². The summed E-state index contributed by atoms with van der Waals surface area (Å²) in [5, 5.41) is 14.2. The average molecular weight is 521 g/mol. The Morgan fingerprint density at radius 2 is 1.74 bits per heavy atom. The van der Waals surface area contributed by atoms with Crippen LogP contribution in [0.3, 0.4) is 0 Å². The Balaban J connectivity index is 1.47. The van der Waals surface area contributed by atoms with Gasteiger partial charge in [-0.3, -0.25) is 9.13 Å². The van der Waals surface area contributed by atoms with Crippen molar-refractivity contribution in [2.75, 3.05) is 0 Å². The summed E-state index contributed by atoms with van der Waals surface area (Å²) in [7, 11) is 0. The molecule has 0 aliphatic heterocycles. The van der Waals surface area contributed by atoms with E-state index in [9.17, 15) is 13.6 Å². The van der Waals surface area contributed by atoms with Crippen LogP contribution in [0.5, 0.6) is 0 Å². The van der Waals surface area contributed by atoms with Crippen LogP contribution in [0.1, 0.15) is 75.2 Å². The molecule has 0 bridgehead atoms. The summed E-state index contributed by atoms with van der Waals surface area (Å²) in [5.41, 5.74) is 3.80. The number of hydrogen-bond acceptors (Lipinski definition) is 4. The lowest BCUT2D eigenvalue weighted by Crippen LogP contribution is -2.29. The molecule has 0 radical (unpaired) electrons. The van der Waals surface area contributed by atoms with Gasteiger partial charge in [0, 0.05) is 17.8 Å². The van der Waals surface area contributed by atoms with Gasteiger partial charge in [-0.15, -0.1) is 5.10 Å². The first-order chi connectivity index (χ1) is 18.6. The van der Waals surface area contributed by atoms with Crippen molar-refractivity contribution in [2.24, 2.45) is 5.92 Å². The molecule has 1 aliphatic rings. The highest BCUT2D eigenvalue weighted by Crippen LogP contribution is 2.31. The van der Waals surface area contributed by atoms with E-state index in [0.29, 0.717) is 24.5 Å². The van der Waals surface area contributed by atoms with Crippen LogP contribution < -0.4 is 5.69 Å². The van der Waals surface area contributed by atoms with Crippen molar-refractivity contribution in [1.82, 2.24) is 29.8 Å². The molecule has 1 aliphatic carbocycles. The number of nitrogens with one attached hydrogen (secondary N) is 1. The maximum Gasteiger partial charge on any atom is 0.329 e. The third-order valence-electron chi connectivity index (χ3n) is 7.65. The van der Waals surface area contributed by atoms with E-state index in [0.717, 1.165) is 60.8 Å². The fourth-order valence-electron chi connectivity index (χ4n) is 5.66. The fraction of sp³-hybridized carbons (Fsp3) is 0.448. The van der Waals surface area contributed by atoms with Gasteiger partial charge in [0.1, 0.15) is 5.69 Å². The summed E-state index contributed by atoms with van der Waals surface area (Å²) in [4.78, 5) is 13.6. The molecular weight excluding hydrogens is 486 g/mol. The van der Waals surface area contributed by atoms with Gasteiger partial charge in [0.05, 0.1) is 6.54 Å². The van der Waals surface area contributed by atoms with Crippen molar-refractivity contribution in [2.45, 2.75) is 77.8 Å². The molecule has 1 N–H and O–H groups in total. The number of halogens is 2. The maximum absolute atomic E-state index is 14.4. The molecule has 0 amide bonds. The number of nitrogens with zero attached hydrogens (tertiary/aromatic N) is 5. The Bertz CT molecular complexity index is 1390. The topological polar surface area (TPSA) is 81.4 Å². The molecule has 7 nitrogen and oxygen atoms in total. The third-order valence-corrected chi connectivity index (χ3v) is 7.65. The van der Waals surface area contributed by atoms with Crippen LogP contribution in [-0.4, -0.2) is 29.8 Å². The summed E-state index contributed by atoms with van der Waals surface area (Å²) in [5.74, 6) is 0.864. The van der Waals surface area contributed by atoms with Crippen LogP contribution in [0.15, 0.2) is 53.3 Å². The Labute approximate surface area is 220 Å².